The van der Waals surface area contributed by atoms with Crippen LogP contribution >= 0.6 is 0 Å². The molecule has 0 radical (unpaired) electrons. The zero-order valence-corrected chi connectivity index (χ0v) is 12.4. The Hall–Kier alpha value is -2.21. The van der Waals surface area contributed by atoms with E-state index in [0.717, 1.165) is 5.56 Å². The van der Waals surface area contributed by atoms with Crippen molar-refractivity contribution in [3.8, 4) is 0 Å². The summed E-state index contributed by atoms with van der Waals surface area (Å²) >= 11 is 0. The number of hydrogen-bond acceptors (Lipinski definition) is 4. The summed E-state index contributed by atoms with van der Waals surface area (Å²) in [6, 6.07) is 5.49. The molecule has 1 aromatic carbocycles. The fourth-order valence-electron chi connectivity index (χ4n) is 2.21. The summed E-state index contributed by atoms with van der Waals surface area (Å²) in [4.78, 5) is 31.9. The molecule has 2 aromatic rings. The maximum absolute atomic E-state index is 12.1. The van der Waals surface area contributed by atoms with Crippen LogP contribution in [0.3, 0.4) is 0 Å². The van der Waals surface area contributed by atoms with Crippen molar-refractivity contribution in [3.63, 3.8) is 0 Å². The number of nitrogens with one attached hydrogen (secondary N) is 1. The Morgan fingerprint density at radius 1 is 1.43 bits per heavy atom. The lowest BCUT2D eigenvalue weighted by molar-refractivity contribution is -0.139. The molecule has 6 heteroatoms. The molecule has 0 saturated heterocycles. The van der Waals surface area contributed by atoms with Crippen LogP contribution in [0.25, 0.3) is 10.9 Å². The van der Waals surface area contributed by atoms with Crippen LogP contribution < -0.4 is 5.56 Å². The Bertz CT molecular complexity index is 722. The number of aliphatic carboxylic acids is 1. The van der Waals surface area contributed by atoms with Crippen LogP contribution in [-0.4, -0.2) is 38.5 Å². The molecule has 0 aliphatic carbocycles. The van der Waals surface area contributed by atoms with E-state index in [-0.39, 0.29) is 18.1 Å². The molecule has 112 valence electrons. The summed E-state index contributed by atoms with van der Waals surface area (Å²) in [5.41, 5.74) is 1.39. The first-order chi connectivity index (χ1) is 9.88. The molecule has 6 nitrogen and oxygen atoms in total. The lowest BCUT2D eigenvalue weighted by atomic mass is 10.1. The van der Waals surface area contributed by atoms with Gasteiger partial charge >= 0.3 is 5.97 Å². The fraction of sp³-hybridized carbons (Fsp3) is 0.400. The molecule has 2 N–H and O–H groups in total. The Kier molecular flexibility index (Phi) is 4.37. The zero-order chi connectivity index (χ0) is 15.6. The van der Waals surface area contributed by atoms with Crippen molar-refractivity contribution in [2.45, 2.75) is 33.4 Å². The standard InChI is InChI=1S/C15H19N3O3/c1-9(2)18(8-13(19)20)7-12-16-14-10(3)5-4-6-11(14)15(21)17-12/h4-6,9H,7-8H2,1-3H3,(H,19,20)(H,16,17,21). The normalized spacial score (nSPS) is 11.5. The smallest absolute Gasteiger partial charge is 0.317 e. The van der Waals surface area contributed by atoms with E-state index in [1.54, 1.807) is 11.0 Å². The molecule has 0 saturated carbocycles. The second-order valence-electron chi connectivity index (χ2n) is 5.38. The van der Waals surface area contributed by atoms with Gasteiger partial charge < -0.3 is 10.1 Å². The minimum atomic E-state index is -0.900. The van der Waals surface area contributed by atoms with Gasteiger partial charge in [-0.1, -0.05) is 12.1 Å². The number of fused-ring (bicyclic) bond motifs is 1. The maximum atomic E-state index is 12.1. The van der Waals surface area contributed by atoms with E-state index in [9.17, 15) is 9.59 Å². The second-order valence-corrected chi connectivity index (χ2v) is 5.38. The van der Waals surface area contributed by atoms with Gasteiger partial charge in [0.05, 0.1) is 24.0 Å². The summed E-state index contributed by atoms with van der Waals surface area (Å²) in [7, 11) is 0. The highest BCUT2D eigenvalue weighted by Crippen LogP contribution is 2.13. The first-order valence-corrected chi connectivity index (χ1v) is 6.83. The van der Waals surface area contributed by atoms with Gasteiger partial charge in [0.1, 0.15) is 5.82 Å². The lowest BCUT2D eigenvalue weighted by Gasteiger charge is -2.23. The Labute approximate surface area is 122 Å². The van der Waals surface area contributed by atoms with Crippen molar-refractivity contribution < 1.29 is 9.90 Å². The minimum absolute atomic E-state index is 0.0407. The molecule has 2 rings (SSSR count). The molecular formula is C15H19N3O3. The number of aryl methyl sites for hydroxylation is 1. The quantitative estimate of drug-likeness (QED) is 0.871. The number of aromatic amines is 1. The highest BCUT2D eigenvalue weighted by molar-refractivity contribution is 5.80. The molecule has 1 aromatic heterocycles. The zero-order valence-electron chi connectivity index (χ0n) is 12.4. The van der Waals surface area contributed by atoms with Crippen molar-refractivity contribution >= 4 is 16.9 Å². The second kappa shape index (κ2) is 6.05. The minimum Gasteiger partial charge on any atom is -0.480 e. The first-order valence-electron chi connectivity index (χ1n) is 6.83. The van der Waals surface area contributed by atoms with Crippen molar-refractivity contribution in [2.24, 2.45) is 0 Å². The summed E-state index contributed by atoms with van der Waals surface area (Å²) in [5.74, 6) is -0.417. The van der Waals surface area contributed by atoms with E-state index < -0.39 is 5.97 Å². The highest BCUT2D eigenvalue weighted by Gasteiger charge is 2.16. The number of H-pyrrole nitrogens is 1. The number of benzene rings is 1. The van der Waals surface area contributed by atoms with Crippen LogP contribution in [-0.2, 0) is 11.3 Å². The van der Waals surface area contributed by atoms with Crippen LogP contribution in [0, 0.1) is 6.92 Å². The van der Waals surface area contributed by atoms with Gasteiger partial charge in [0, 0.05) is 6.04 Å². The van der Waals surface area contributed by atoms with E-state index in [1.807, 2.05) is 32.9 Å². The van der Waals surface area contributed by atoms with Crippen molar-refractivity contribution in [1.82, 2.24) is 14.9 Å². The molecule has 0 atom stereocenters. The third-order valence-corrected chi connectivity index (χ3v) is 3.41. The average molecular weight is 289 g/mol. The molecular weight excluding hydrogens is 270 g/mol. The van der Waals surface area contributed by atoms with Crippen molar-refractivity contribution in [1.29, 1.82) is 0 Å². The van der Waals surface area contributed by atoms with Gasteiger partial charge in [0.15, 0.2) is 0 Å². The molecule has 0 aliphatic rings. The lowest BCUT2D eigenvalue weighted by Crippen LogP contribution is -2.36. The third kappa shape index (κ3) is 3.46. The number of carboxylic acids is 1. The van der Waals surface area contributed by atoms with Crippen molar-refractivity contribution in [2.75, 3.05) is 6.54 Å². The van der Waals surface area contributed by atoms with Gasteiger partial charge in [-0.2, -0.15) is 0 Å². The summed E-state index contributed by atoms with van der Waals surface area (Å²) < 4.78 is 0. The van der Waals surface area contributed by atoms with Crippen LogP contribution in [0.15, 0.2) is 23.0 Å². The number of aromatic nitrogens is 2. The predicted molar refractivity (Wildman–Crippen MR) is 80.3 cm³/mol. The van der Waals surface area contributed by atoms with Crippen LogP contribution in [0.5, 0.6) is 0 Å². The number of carboxylic acid groups (broad SMARTS) is 1. The Morgan fingerprint density at radius 3 is 2.76 bits per heavy atom. The number of para-hydroxylation sites is 1. The number of rotatable bonds is 5. The maximum Gasteiger partial charge on any atom is 0.317 e. The van der Waals surface area contributed by atoms with E-state index in [1.165, 1.54) is 0 Å². The van der Waals surface area contributed by atoms with Crippen LogP contribution in [0.2, 0.25) is 0 Å². The van der Waals surface area contributed by atoms with Gasteiger partial charge in [-0.15, -0.1) is 0 Å². The molecule has 0 amide bonds. The monoisotopic (exact) mass is 289 g/mol. The number of carbonyl (C=O) groups is 1. The van der Waals surface area contributed by atoms with E-state index >= 15 is 0 Å². The fourth-order valence-corrected chi connectivity index (χ4v) is 2.21. The van der Waals surface area contributed by atoms with E-state index in [4.69, 9.17) is 5.11 Å². The summed E-state index contributed by atoms with van der Waals surface area (Å²) in [5, 5.41) is 9.50. The molecule has 0 unspecified atom stereocenters. The van der Waals surface area contributed by atoms with Crippen LogP contribution in [0.1, 0.15) is 25.2 Å². The van der Waals surface area contributed by atoms with Gasteiger partial charge in [-0.3, -0.25) is 14.5 Å². The average Bonchev–Trinajstić information content (AvgIpc) is 2.39. The molecule has 0 spiro atoms. The first kappa shape index (κ1) is 15.2. The predicted octanol–water partition coefficient (Wildman–Crippen LogP) is 1.53. The van der Waals surface area contributed by atoms with Gasteiger partial charge in [0.25, 0.3) is 5.56 Å². The number of hydrogen-bond donors (Lipinski definition) is 2. The third-order valence-electron chi connectivity index (χ3n) is 3.41. The van der Waals surface area contributed by atoms with Gasteiger partial charge in [-0.05, 0) is 32.4 Å². The Balaban J connectivity index is 2.40. The molecule has 0 bridgehead atoms. The van der Waals surface area contributed by atoms with E-state index in [0.29, 0.717) is 23.3 Å². The van der Waals surface area contributed by atoms with Gasteiger partial charge in [-0.25, -0.2) is 4.98 Å². The summed E-state index contributed by atoms with van der Waals surface area (Å²) in [6.45, 7) is 5.92. The van der Waals surface area contributed by atoms with E-state index in [2.05, 4.69) is 9.97 Å². The summed E-state index contributed by atoms with van der Waals surface area (Å²) in [6.07, 6.45) is 0. The largest absolute Gasteiger partial charge is 0.480 e. The molecule has 0 aliphatic heterocycles. The molecule has 0 fully saturated rings. The molecule has 1 heterocycles. The van der Waals surface area contributed by atoms with Gasteiger partial charge in [0.2, 0.25) is 0 Å². The highest BCUT2D eigenvalue weighted by atomic mass is 16.4. The number of nitrogens with zero attached hydrogens (tertiary/aromatic N) is 2. The SMILES string of the molecule is Cc1cccc2c(=O)[nH]c(CN(CC(=O)O)C(C)C)nc12. The van der Waals surface area contributed by atoms with Crippen LogP contribution in [0.4, 0.5) is 0 Å². The Morgan fingerprint density at radius 2 is 2.14 bits per heavy atom. The molecule has 21 heavy (non-hydrogen) atoms. The topological polar surface area (TPSA) is 86.3 Å². The van der Waals surface area contributed by atoms with Crippen molar-refractivity contribution in [3.05, 3.63) is 39.9 Å².